The first-order chi connectivity index (χ1) is 10.4. The number of nitrogens with zero attached hydrogens (tertiary/aromatic N) is 1. The van der Waals surface area contributed by atoms with Gasteiger partial charge in [-0.1, -0.05) is 12.1 Å². The van der Waals surface area contributed by atoms with Gasteiger partial charge in [0.2, 0.25) is 5.76 Å². The molecule has 0 aliphatic heterocycles. The maximum atomic E-state index is 12.4. The van der Waals surface area contributed by atoms with Crippen molar-refractivity contribution in [1.82, 2.24) is 0 Å². The Morgan fingerprint density at radius 2 is 2.05 bits per heavy atom. The summed E-state index contributed by atoms with van der Waals surface area (Å²) < 4.78 is 36.6. The lowest BCUT2D eigenvalue weighted by Gasteiger charge is -2.08. The lowest BCUT2D eigenvalue weighted by Crippen LogP contribution is -2.14. The molecule has 22 heavy (non-hydrogen) atoms. The quantitative estimate of drug-likeness (QED) is 0.863. The van der Waals surface area contributed by atoms with E-state index in [0.29, 0.717) is 0 Å². The molecule has 1 aromatic heterocycles. The monoisotopic (exact) mass is 320 g/mol. The number of carbonyl (C=O) groups excluding carboxylic acids is 1. The second-order valence-corrected chi connectivity index (χ2v) is 5.94. The van der Waals surface area contributed by atoms with E-state index < -0.39 is 16.0 Å². The lowest BCUT2D eigenvalue weighted by molar-refractivity contribution is 0.0563. The molecule has 0 aliphatic carbocycles. The number of methoxy groups -OCH3 is 1. The van der Waals surface area contributed by atoms with Gasteiger partial charge in [-0.05, 0) is 19.1 Å². The zero-order valence-corrected chi connectivity index (χ0v) is 12.6. The number of nitriles is 1. The zero-order valence-electron chi connectivity index (χ0n) is 11.8. The number of sulfonamides is 1. The van der Waals surface area contributed by atoms with Gasteiger partial charge in [-0.15, -0.1) is 0 Å². The van der Waals surface area contributed by atoms with Crippen molar-refractivity contribution in [2.75, 3.05) is 11.8 Å². The summed E-state index contributed by atoms with van der Waals surface area (Å²) in [6, 6.07) is 9.14. The zero-order chi connectivity index (χ0) is 16.3. The van der Waals surface area contributed by atoms with E-state index in [1.807, 2.05) is 6.07 Å². The van der Waals surface area contributed by atoms with E-state index in [2.05, 4.69) is 9.46 Å². The summed E-state index contributed by atoms with van der Waals surface area (Å²) in [4.78, 5) is 11.2. The van der Waals surface area contributed by atoms with E-state index in [-0.39, 0.29) is 27.7 Å². The molecule has 8 heteroatoms. The van der Waals surface area contributed by atoms with Gasteiger partial charge < -0.3 is 9.15 Å². The molecule has 114 valence electrons. The number of aryl methyl sites for hydroxylation is 1. The fraction of sp³-hybridized carbons (Fsp3) is 0.143. The average Bonchev–Trinajstić information content (AvgIpc) is 2.89. The number of ether oxygens (including phenoxy) is 1. The predicted molar refractivity (Wildman–Crippen MR) is 76.8 cm³/mol. The van der Waals surface area contributed by atoms with Gasteiger partial charge in [-0.3, -0.25) is 4.72 Å². The van der Waals surface area contributed by atoms with Crippen LogP contribution in [0.2, 0.25) is 0 Å². The fourth-order valence-corrected chi connectivity index (χ4v) is 3.06. The Balaban J connectivity index is 2.42. The van der Waals surface area contributed by atoms with Gasteiger partial charge >= 0.3 is 5.97 Å². The number of benzene rings is 1. The molecule has 0 atom stereocenters. The van der Waals surface area contributed by atoms with Gasteiger partial charge in [0.25, 0.3) is 10.0 Å². The highest BCUT2D eigenvalue weighted by molar-refractivity contribution is 7.92. The van der Waals surface area contributed by atoms with Gasteiger partial charge in [0, 0.05) is 6.07 Å². The molecule has 7 nitrogen and oxygen atoms in total. The van der Waals surface area contributed by atoms with Gasteiger partial charge in [0.15, 0.2) is 0 Å². The number of esters is 1. The van der Waals surface area contributed by atoms with Gasteiger partial charge in [-0.25, -0.2) is 13.2 Å². The normalized spacial score (nSPS) is 10.8. The molecule has 2 rings (SSSR count). The van der Waals surface area contributed by atoms with Crippen LogP contribution in [-0.4, -0.2) is 21.5 Å². The Bertz CT molecular complexity index is 862. The standard InChI is InChI=1S/C14H12N2O5S/c1-9-13(7-12(21-9)14(17)20-2)22(18,19)16-11-6-4-3-5-10(11)8-15/h3-7,16H,1-2H3. The molecule has 2 aromatic rings. The van der Waals surface area contributed by atoms with Crippen molar-refractivity contribution in [3.63, 3.8) is 0 Å². The van der Waals surface area contributed by atoms with Crippen molar-refractivity contribution < 1.29 is 22.4 Å². The average molecular weight is 320 g/mol. The number of anilines is 1. The summed E-state index contributed by atoms with van der Waals surface area (Å²) in [5, 5.41) is 8.98. The van der Waals surface area contributed by atoms with E-state index in [9.17, 15) is 13.2 Å². The Hall–Kier alpha value is -2.79. The van der Waals surface area contributed by atoms with Crippen LogP contribution in [0.25, 0.3) is 0 Å². The van der Waals surface area contributed by atoms with E-state index in [1.165, 1.54) is 19.1 Å². The van der Waals surface area contributed by atoms with Crippen LogP contribution in [0, 0.1) is 18.3 Å². The number of rotatable bonds is 4. The molecule has 1 heterocycles. The molecule has 0 fully saturated rings. The molecule has 1 aromatic carbocycles. The third-order valence-corrected chi connectivity index (χ3v) is 4.31. The van der Waals surface area contributed by atoms with Crippen molar-refractivity contribution in [2.45, 2.75) is 11.8 Å². The Morgan fingerprint density at radius 3 is 2.68 bits per heavy atom. The van der Waals surface area contributed by atoms with Crippen molar-refractivity contribution in [3.05, 3.63) is 47.4 Å². The minimum absolute atomic E-state index is 0.0438. The number of hydrogen-bond acceptors (Lipinski definition) is 6. The minimum atomic E-state index is -4.00. The van der Waals surface area contributed by atoms with E-state index in [0.717, 1.165) is 13.2 Å². The molecular formula is C14H12N2O5S. The highest BCUT2D eigenvalue weighted by Crippen LogP contribution is 2.24. The highest BCUT2D eigenvalue weighted by atomic mass is 32.2. The molecule has 0 radical (unpaired) electrons. The van der Waals surface area contributed by atoms with E-state index in [4.69, 9.17) is 9.68 Å². The van der Waals surface area contributed by atoms with Crippen LogP contribution in [-0.2, 0) is 14.8 Å². The number of hydrogen-bond donors (Lipinski definition) is 1. The van der Waals surface area contributed by atoms with Crippen molar-refractivity contribution >= 4 is 21.7 Å². The van der Waals surface area contributed by atoms with Gasteiger partial charge in [-0.2, -0.15) is 5.26 Å². The second kappa shape index (κ2) is 5.91. The Kier molecular flexibility index (Phi) is 4.19. The van der Waals surface area contributed by atoms with Crippen molar-refractivity contribution in [3.8, 4) is 6.07 Å². The maximum absolute atomic E-state index is 12.4. The molecule has 0 amide bonds. The van der Waals surface area contributed by atoms with Crippen LogP contribution in [0.5, 0.6) is 0 Å². The first kappa shape index (κ1) is 15.6. The van der Waals surface area contributed by atoms with Crippen molar-refractivity contribution in [2.24, 2.45) is 0 Å². The number of carbonyl (C=O) groups is 1. The molecule has 0 aliphatic rings. The molecule has 0 spiro atoms. The van der Waals surface area contributed by atoms with Crippen molar-refractivity contribution in [1.29, 1.82) is 5.26 Å². The SMILES string of the molecule is COC(=O)c1cc(S(=O)(=O)Nc2ccccc2C#N)c(C)o1. The number of para-hydroxylation sites is 1. The number of nitrogens with one attached hydrogen (secondary N) is 1. The summed E-state index contributed by atoms with van der Waals surface area (Å²) in [5.74, 6) is -0.946. The summed E-state index contributed by atoms with van der Waals surface area (Å²) in [5.41, 5.74) is 0.325. The largest absolute Gasteiger partial charge is 0.463 e. The topological polar surface area (TPSA) is 109 Å². The third-order valence-electron chi connectivity index (χ3n) is 2.84. The van der Waals surface area contributed by atoms with Crippen LogP contribution in [0.4, 0.5) is 5.69 Å². The fourth-order valence-electron chi connectivity index (χ4n) is 1.80. The first-order valence-electron chi connectivity index (χ1n) is 6.09. The molecule has 0 bridgehead atoms. The Morgan fingerprint density at radius 1 is 1.36 bits per heavy atom. The molecular weight excluding hydrogens is 308 g/mol. The van der Waals surface area contributed by atoms with Crippen LogP contribution in [0.1, 0.15) is 21.9 Å². The lowest BCUT2D eigenvalue weighted by atomic mass is 10.2. The highest BCUT2D eigenvalue weighted by Gasteiger charge is 2.25. The number of furan rings is 1. The molecule has 0 saturated heterocycles. The molecule has 1 N–H and O–H groups in total. The van der Waals surface area contributed by atoms with Crippen LogP contribution >= 0.6 is 0 Å². The maximum Gasteiger partial charge on any atom is 0.373 e. The second-order valence-electron chi connectivity index (χ2n) is 4.29. The molecule has 0 saturated carbocycles. The minimum Gasteiger partial charge on any atom is -0.463 e. The Labute approximate surface area is 127 Å². The summed E-state index contributed by atoms with van der Waals surface area (Å²) in [7, 11) is -2.84. The summed E-state index contributed by atoms with van der Waals surface area (Å²) in [6.07, 6.45) is 0. The third kappa shape index (κ3) is 2.94. The van der Waals surface area contributed by atoms with Crippen LogP contribution in [0.3, 0.4) is 0 Å². The van der Waals surface area contributed by atoms with Crippen LogP contribution in [0.15, 0.2) is 39.6 Å². The van der Waals surface area contributed by atoms with Gasteiger partial charge in [0.05, 0.1) is 18.4 Å². The van der Waals surface area contributed by atoms with E-state index in [1.54, 1.807) is 12.1 Å². The van der Waals surface area contributed by atoms with Crippen LogP contribution < -0.4 is 4.72 Å². The predicted octanol–water partition coefficient (Wildman–Crippen LogP) is 2.05. The summed E-state index contributed by atoms with van der Waals surface area (Å²) >= 11 is 0. The van der Waals surface area contributed by atoms with E-state index >= 15 is 0 Å². The smallest absolute Gasteiger partial charge is 0.373 e. The first-order valence-corrected chi connectivity index (χ1v) is 7.58. The van der Waals surface area contributed by atoms with Gasteiger partial charge in [0.1, 0.15) is 16.7 Å². The molecule has 0 unspecified atom stereocenters. The summed E-state index contributed by atoms with van der Waals surface area (Å²) in [6.45, 7) is 1.41.